The van der Waals surface area contributed by atoms with E-state index in [4.69, 9.17) is 9.47 Å². The predicted octanol–water partition coefficient (Wildman–Crippen LogP) is 4.03. The van der Waals surface area contributed by atoms with Crippen molar-refractivity contribution in [3.8, 4) is 11.5 Å². The Hall–Kier alpha value is -3.01. The summed E-state index contributed by atoms with van der Waals surface area (Å²) in [7, 11) is 1.67. The Morgan fingerprint density at radius 2 is 1.79 bits per heavy atom. The molecule has 2 aromatic carbocycles. The molecule has 0 aliphatic rings. The Kier molecular flexibility index (Phi) is 5.30. The summed E-state index contributed by atoms with van der Waals surface area (Å²) in [5.41, 5.74) is 2.32. The van der Waals surface area contributed by atoms with Gasteiger partial charge in [-0.15, -0.1) is 0 Å². The van der Waals surface area contributed by atoms with E-state index < -0.39 is 0 Å². The average molecular weight is 320 g/mol. The normalized spacial score (nSPS) is 10.9. The summed E-state index contributed by atoms with van der Waals surface area (Å²) in [6.45, 7) is 1.22. The highest BCUT2D eigenvalue weighted by Gasteiger charge is 2.00. The van der Waals surface area contributed by atoms with E-state index in [0.29, 0.717) is 13.2 Å². The Labute approximate surface area is 142 Å². The minimum Gasteiger partial charge on any atom is -0.497 e. The van der Waals surface area contributed by atoms with E-state index in [2.05, 4.69) is 17.2 Å². The zero-order valence-electron chi connectivity index (χ0n) is 13.6. The molecule has 0 aliphatic carbocycles. The van der Waals surface area contributed by atoms with Gasteiger partial charge in [-0.3, -0.25) is 4.68 Å². The molecule has 1 heterocycles. The molecule has 4 nitrogen and oxygen atoms in total. The van der Waals surface area contributed by atoms with Gasteiger partial charge in [-0.2, -0.15) is 5.10 Å². The first kappa shape index (κ1) is 15.9. The lowest BCUT2D eigenvalue weighted by Gasteiger charge is -2.03. The first-order valence-electron chi connectivity index (χ1n) is 7.83. The van der Waals surface area contributed by atoms with E-state index >= 15 is 0 Å². The molecule has 122 valence electrons. The van der Waals surface area contributed by atoms with Crippen molar-refractivity contribution in [3.05, 3.63) is 84.2 Å². The Morgan fingerprint density at radius 1 is 1.00 bits per heavy atom. The van der Waals surface area contributed by atoms with Crippen LogP contribution >= 0.6 is 0 Å². The van der Waals surface area contributed by atoms with Crippen LogP contribution in [-0.2, 0) is 6.54 Å². The second-order valence-corrected chi connectivity index (χ2v) is 5.35. The van der Waals surface area contributed by atoms with E-state index in [0.717, 1.165) is 22.6 Å². The second-order valence-electron chi connectivity index (χ2n) is 5.35. The third kappa shape index (κ3) is 4.49. The molecule has 0 saturated carbocycles. The fourth-order valence-electron chi connectivity index (χ4n) is 2.32. The van der Waals surface area contributed by atoms with Crippen LogP contribution in [-0.4, -0.2) is 23.5 Å². The van der Waals surface area contributed by atoms with Crippen molar-refractivity contribution in [2.45, 2.75) is 6.54 Å². The molecule has 0 amide bonds. The molecular weight excluding hydrogens is 300 g/mol. The molecule has 3 aromatic rings. The quantitative estimate of drug-likeness (QED) is 0.659. The topological polar surface area (TPSA) is 36.3 Å². The lowest BCUT2D eigenvalue weighted by molar-refractivity contribution is 0.363. The van der Waals surface area contributed by atoms with Crippen molar-refractivity contribution >= 4 is 6.08 Å². The fourth-order valence-corrected chi connectivity index (χ4v) is 2.32. The molecule has 0 saturated heterocycles. The van der Waals surface area contributed by atoms with E-state index in [1.54, 1.807) is 13.3 Å². The van der Waals surface area contributed by atoms with Gasteiger partial charge in [0.25, 0.3) is 0 Å². The average Bonchev–Trinajstić information content (AvgIpc) is 3.08. The molecule has 24 heavy (non-hydrogen) atoms. The number of aromatic nitrogens is 2. The van der Waals surface area contributed by atoms with Crippen LogP contribution < -0.4 is 9.47 Å². The predicted molar refractivity (Wildman–Crippen MR) is 95.3 cm³/mol. The molecule has 1 aromatic heterocycles. The number of hydrogen-bond donors (Lipinski definition) is 0. The maximum atomic E-state index is 5.69. The highest BCUT2D eigenvalue weighted by molar-refractivity contribution is 5.48. The van der Waals surface area contributed by atoms with Crippen LogP contribution in [0.15, 0.2) is 73.1 Å². The summed E-state index contributed by atoms with van der Waals surface area (Å²) in [5, 5.41) is 4.33. The summed E-state index contributed by atoms with van der Waals surface area (Å²) in [6, 6.07) is 18.1. The van der Waals surface area contributed by atoms with E-state index in [9.17, 15) is 0 Å². The fraction of sp³-hybridized carbons (Fsp3) is 0.150. The van der Waals surface area contributed by atoms with Crippen molar-refractivity contribution in [2.75, 3.05) is 13.7 Å². The minimum atomic E-state index is 0.517. The van der Waals surface area contributed by atoms with Gasteiger partial charge in [0.15, 0.2) is 5.75 Å². The summed E-state index contributed by atoms with van der Waals surface area (Å²) in [5.74, 6) is 1.62. The summed E-state index contributed by atoms with van der Waals surface area (Å²) >= 11 is 0. The highest BCUT2D eigenvalue weighted by Crippen LogP contribution is 2.14. The lowest BCUT2D eigenvalue weighted by Crippen LogP contribution is -1.99. The van der Waals surface area contributed by atoms with Crippen molar-refractivity contribution in [1.82, 2.24) is 9.78 Å². The van der Waals surface area contributed by atoms with Gasteiger partial charge in [0.05, 0.1) is 26.0 Å². The van der Waals surface area contributed by atoms with Gasteiger partial charge < -0.3 is 9.47 Å². The van der Waals surface area contributed by atoms with Crippen LogP contribution in [0.3, 0.4) is 0 Å². The van der Waals surface area contributed by atoms with Crippen LogP contribution in [0.5, 0.6) is 11.5 Å². The smallest absolute Gasteiger partial charge is 0.157 e. The first-order valence-corrected chi connectivity index (χ1v) is 7.83. The molecule has 0 atom stereocenters. The Balaban J connectivity index is 1.50. The Morgan fingerprint density at radius 3 is 2.54 bits per heavy atom. The molecule has 0 unspecified atom stereocenters. The van der Waals surface area contributed by atoms with E-state index in [1.807, 2.05) is 65.5 Å². The third-order valence-electron chi connectivity index (χ3n) is 3.57. The standard InChI is InChI=1S/C20H20N2O2/c1-23-19-11-9-18(10-12-19)15-22-16-20(14-21-22)24-13-5-8-17-6-3-2-4-7-17/h2-12,14,16H,13,15H2,1H3/b8-5+. The van der Waals surface area contributed by atoms with Gasteiger partial charge in [-0.1, -0.05) is 48.5 Å². The number of hydrogen-bond acceptors (Lipinski definition) is 3. The molecule has 4 heteroatoms. The van der Waals surface area contributed by atoms with E-state index in [-0.39, 0.29) is 0 Å². The molecule has 0 spiro atoms. The number of nitrogens with zero attached hydrogens (tertiary/aromatic N) is 2. The van der Waals surface area contributed by atoms with Crippen molar-refractivity contribution in [2.24, 2.45) is 0 Å². The zero-order valence-corrected chi connectivity index (χ0v) is 13.6. The number of rotatable bonds is 7. The molecule has 0 bridgehead atoms. The van der Waals surface area contributed by atoms with Crippen LogP contribution in [0.4, 0.5) is 0 Å². The van der Waals surface area contributed by atoms with E-state index in [1.165, 1.54) is 0 Å². The van der Waals surface area contributed by atoms with Gasteiger partial charge in [-0.25, -0.2) is 0 Å². The van der Waals surface area contributed by atoms with Crippen LogP contribution in [0.25, 0.3) is 6.08 Å². The number of methoxy groups -OCH3 is 1. The first-order chi connectivity index (χ1) is 11.8. The summed E-state index contributed by atoms with van der Waals surface area (Å²) in [6.07, 6.45) is 7.68. The zero-order chi connectivity index (χ0) is 16.6. The molecule has 0 aliphatic heterocycles. The maximum Gasteiger partial charge on any atom is 0.157 e. The molecule has 0 N–H and O–H groups in total. The van der Waals surface area contributed by atoms with Gasteiger partial charge in [0.2, 0.25) is 0 Å². The van der Waals surface area contributed by atoms with Crippen LogP contribution in [0.1, 0.15) is 11.1 Å². The van der Waals surface area contributed by atoms with Gasteiger partial charge >= 0.3 is 0 Å². The summed E-state index contributed by atoms with van der Waals surface area (Å²) < 4.78 is 12.7. The number of ether oxygens (including phenoxy) is 2. The van der Waals surface area contributed by atoms with Crippen molar-refractivity contribution < 1.29 is 9.47 Å². The molecule has 0 radical (unpaired) electrons. The second kappa shape index (κ2) is 8.02. The van der Waals surface area contributed by atoms with Crippen LogP contribution in [0.2, 0.25) is 0 Å². The van der Waals surface area contributed by atoms with Gasteiger partial charge in [0, 0.05) is 0 Å². The minimum absolute atomic E-state index is 0.517. The van der Waals surface area contributed by atoms with Gasteiger partial charge in [-0.05, 0) is 29.3 Å². The van der Waals surface area contributed by atoms with Crippen molar-refractivity contribution in [1.29, 1.82) is 0 Å². The maximum absolute atomic E-state index is 5.69. The Bertz CT molecular complexity index is 777. The van der Waals surface area contributed by atoms with Crippen LogP contribution in [0, 0.1) is 0 Å². The molecule has 3 rings (SSSR count). The molecular formula is C20H20N2O2. The SMILES string of the molecule is COc1ccc(Cn2cc(OC/C=C/c3ccccc3)cn2)cc1. The number of benzene rings is 2. The monoisotopic (exact) mass is 320 g/mol. The largest absolute Gasteiger partial charge is 0.497 e. The molecule has 0 fully saturated rings. The summed E-state index contributed by atoms with van der Waals surface area (Å²) in [4.78, 5) is 0. The van der Waals surface area contributed by atoms with Crippen molar-refractivity contribution in [3.63, 3.8) is 0 Å². The van der Waals surface area contributed by atoms with Gasteiger partial charge in [0.1, 0.15) is 12.4 Å². The third-order valence-corrected chi connectivity index (χ3v) is 3.57. The highest BCUT2D eigenvalue weighted by atomic mass is 16.5. The lowest BCUT2D eigenvalue weighted by atomic mass is 10.2.